The third kappa shape index (κ3) is 3.57. The molecule has 0 amide bonds. The summed E-state index contributed by atoms with van der Waals surface area (Å²) in [6.45, 7) is 4.91. The van der Waals surface area contributed by atoms with Crippen LogP contribution < -0.4 is 9.64 Å². The van der Waals surface area contributed by atoms with Crippen molar-refractivity contribution < 1.29 is 14.3 Å². The summed E-state index contributed by atoms with van der Waals surface area (Å²) in [4.78, 5) is 19.2. The van der Waals surface area contributed by atoms with Gasteiger partial charge in [0.2, 0.25) is 0 Å². The van der Waals surface area contributed by atoms with Gasteiger partial charge in [-0.1, -0.05) is 0 Å². The first kappa shape index (κ1) is 18.0. The monoisotopic (exact) mass is 352 g/mol. The van der Waals surface area contributed by atoms with Crippen LogP contribution in [0.1, 0.15) is 34.3 Å². The van der Waals surface area contributed by atoms with Crippen molar-refractivity contribution >= 4 is 23.2 Å². The van der Waals surface area contributed by atoms with Crippen molar-refractivity contribution in [3.05, 3.63) is 53.1 Å². The van der Waals surface area contributed by atoms with Crippen LogP contribution in [-0.2, 0) is 4.74 Å². The summed E-state index contributed by atoms with van der Waals surface area (Å²) in [5.41, 5.74) is 4.39. The van der Waals surface area contributed by atoms with Gasteiger partial charge in [-0.2, -0.15) is 0 Å². The van der Waals surface area contributed by atoms with Gasteiger partial charge in [0, 0.05) is 18.7 Å². The van der Waals surface area contributed by atoms with Crippen LogP contribution in [0.5, 0.6) is 5.75 Å². The highest BCUT2D eigenvalue weighted by atomic mass is 16.5. The quantitative estimate of drug-likeness (QED) is 0.764. The fourth-order valence-corrected chi connectivity index (χ4v) is 3.12. The van der Waals surface area contributed by atoms with Gasteiger partial charge in [-0.15, -0.1) is 0 Å². The van der Waals surface area contributed by atoms with Gasteiger partial charge in [-0.3, -0.25) is 0 Å². The fourth-order valence-electron chi connectivity index (χ4n) is 3.12. The standard InChI is InChI=1S/C21H24N2O3/c1-14-12-18(21(24)26-4)19(13-15(14)2)22-20-6-5-11-23(20)16-7-9-17(25-3)10-8-16/h7-10,12-13H,5-6,11H2,1-4H3/b22-20+. The number of amidine groups is 1. The average molecular weight is 352 g/mol. The van der Waals surface area contributed by atoms with E-state index in [-0.39, 0.29) is 5.97 Å². The van der Waals surface area contributed by atoms with Gasteiger partial charge in [0.25, 0.3) is 0 Å². The number of carbonyl (C=O) groups is 1. The Morgan fingerprint density at radius 2 is 1.77 bits per heavy atom. The third-order valence-electron chi connectivity index (χ3n) is 4.74. The number of anilines is 1. The van der Waals surface area contributed by atoms with Crippen LogP contribution in [0.15, 0.2) is 41.4 Å². The number of benzene rings is 2. The zero-order valence-electron chi connectivity index (χ0n) is 15.7. The predicted octanol–water partition coefficient (Wildman–Crippen LogP) is 4.43. The van der Waals surface area contributed by atoms with Crippen LogP contribution in [-0.4, -0.2) is 32.6 Å². The Kier molecular flexibility index (Phi) is 5.26. The molecular weight excluding hydrogens is 328 g/mol. The number of ether oxygens (including phenoxy) is 2. The van der Waals surface area contributed by atoms with E-state index in [1.54, 1.807) is 7.11 Å². The second-order valence-corrected chi connectivity index (χ2v) is 6.43. The van der Waals surface area contributed by atoms with Crippen LogP contribution in [0.3, 0.4) is 0 Å². The van der Waals surface area contributed by atoms with Crippen molar-refractivity contribution in [2.45, 2.75) is 26.7 Å². The van der Waals surface area contributed by atoms with Gasteiger partial charge in [-0.25, -0.2) is 9.79 Å². The van der Waals surface area contributed by atoms with Crippen LogP contribution in [0.2, 0.25) is 0 Å². The number of esters is 1. The molecule has 1 aliphatic rings. The number of nitrogens with zero attached hydrogens (tertiary/aromatic N) is 2. The van der Waals surface area contributed by atoms with Crippen LogP contribution in [0.25, 0.3) is 0 Å². The molecule has 136 valence electrons. The highest BCUT2D eigenvalue weighted by Gasteiger charge is 2.22. The normalized spacial score (nSPS) is 15.4. The van der Waals surface area contributed by atoms with E-state index in [0.29, 0.717) is 11.3 Å². The van der Waals surface area contributed by atoms with Gasteiger partial charge >= 0.3 is 5.97 Å². The molecule has 2 aromatic carbocycles. The smallest absolute Gasteiger partial charge is 0.340 e. The molecule has 0 unspecified atom stereocenters. The zero-order valence-corrected chi connectivity index (χ0v) is 15.7. The summed E-state index contributed by atoms with van der Waals surface area (Å²) >= 11 is 0. The van der Waals surface area contributed by atoms with Crippen LogP contribution in [0, 0.1) is 13.8 Å². The number of rotatable bonds is 4. The maximum atomic E-state index is 12.2. The fraction of sp³-hybridized carbons (Fsp3) is 0.333. The van der Waals surface area contributed by atoms with Crippen molar-refractivity contribution in [1.82, 2.24) is 0 Å². The molecule has 1 heterocycles. The largest absolute Gasteiger partial charge is 0.497 e. The molecule has 1 fully saturated rings. The molecule has 3 rings (SSSR count). The number of aryl methyl sites for hydroxylation is 2. The second kappa shape index (κ2) is 7.60. The van der Waals surface area contributed by atoms with Gasteiger partial charge in [0.1, 0.15) is 11.6 Å². The summed E-state index contributed by atoms with van der Waals surface area (Å²) in [5.74, 6) is 1.43. The lowest BCUT2D eigenvalue weighted by Crippen LogP contribution is -2.24. The van der Waals surface area contributed by atoms with E-state index in [1.807, 2.05) is 50.2 Å². The minimum Gasteiger partial charge on any atom is -0.497 e. The Morgan fingerprint density at radius 1 is 1.08 bits per heavy atom. The maximum absolute atomic E-state index is 12.2. The minimum atomic E-state index is -0.360. The Hall–Kier alpha value is -2.82. The lowest BCUT2D eigenvalue weighted by molar-refractivity contribution is 0.0601. The molecule has 0 aliphatic carbocycles. The molecule has 1 aliphatic heterocycles. The van der Waals surface area contributed by atoms with Gasteiger partial charge in [-0.05, 0) is 67.8 Å². The first-order valence-electron chi connectivity index (χ1n) is 8.72. The molecule has 2 aromatic rings. The lowest BCUT2D eigenvalue weighted by atomic mass is 10.0. The number of hydrogen-bond acceptors (Lipinski definition) is 4. The molecule has 5 nitrogen and oxygen atoms in total. The van der Waals surface area contributed by atoms with Crippen molar-refractivity contribution in [2.75, 3.05) is 25.7 Å². The maximum Gasteiger partial charge on any atom is 0.340 e. The second-order valence-electron chi connectivity index (χ2n) is 6.43. The first-order chi connectivity index (χ1) is 12.5. The molecule has 1 saturated heterocycles. The molecule has 26 heavy (non-hydrogen) atoms. The average Bonchev–Trinajstić information content (AvgIpc) is 3.12. The van der Waals surface area contributed by atoms with E-state index in [0.717, 1.165) is 47.8 Å². The van der Waals surface area contributed by atoms with Crippen molar-refractivity contribution in [3.8, 4) is 5.75 Å². The van der Waals surface area contributed by atoms with E-state index in [2.05, 4.69) is 4.90 Å². The summed E-state index contributed by atoms with van der Waals surface area (Å²) < 4.78 is 10.2. The van der Waals surface area contributed by atoms with E-state index in [9.17, 15) is 4.79 Å². The number of carbonyl (C=O) groups excluding carboxylic acids is 1. The Labute approximate surface area is 154 Å². The molecule has 0 aromatic heterocycles. The summed E-state index contributed by atoms with van der Waals surface area (Å²) in [5, 5.41) is 0. The molecular formula is C21H24N2O3. The van der Waals surface area contributed by atoms with Crippen LogP contribution in [0.4, 0.5) is 11.4 Å². The third-order valence-corrected chi connectivity index (χ3v) is 4.74. The number of aliphatic imine (C=N–C) groups is 1. The van der Waals surface area contributed by atoms with Crippen molar-refractivity contribution in [3.63, 3.8) is 0 Å². The van der Waals surface area contributed by atoms with Gasteiger partial charge < -0.3 is 14.4 Å². The van der Waals surface area contributed by atoms with Crippen molar-refractivity contribution in [2.24, 2.45) is 4.99 Å². The molecule has 0 radical (unpaired) electrons. The molecule has 0 atom stereocenters. The minimum absolute atomic E-state index is 0.360. The van der Waals surface area contributed by atoms with E-state index < -0.39 is 0 Å². The van der Waals surface area contributed by atoms with Crippen LogP contribution >= 0.6 is 0 Å². The van der Waals surface area contributed by atoms with E-state index >= 15 is 0 Å². The molecule has 0 spiro atoms. The highest BCUT2D eigenvalue weighted by molar-refractivity contribution is 6.03. The SMILES string of the molecule is COC(=O)c1cc(C)c(C)cc1/N=C1\CCCN1c1ccc(OC)cc1. The Balaban J connectivity index is 2.00. The topological polar surface area (TPSA) is 51.1 Å². The first-order valence-corrected chi connectivity index (χ1v) is 8.72. The Morgan fingerprint density at radius 3 is 2.42 bits per heavy atom. The highest BCUT2D eigenvalue weighted by Crippen LogP contribution is 2.29. The molecule has 5 heteroatoms. The Bertz CT molecular complexity index is 841. The molecule has 0 N–H and O–H groups in total. The zero-order chi connectivity index (χ0) is 18.7. The van der Waals surface area contributed by atoms with E-state index in [4.69, 9.17) is 14.5 Å². The number of hydrogen-bond donors (Lipinski definition) is 0. The summed E-state index contributed by atoms with van der Waals surface area (Å²) in [6, 6.07) is 11.8. The molecule has 0 saturated carbocycles. The predicted molar refractivity (Wildman–Crippen MR) is 104 cm³/mol. The van der Waals surface area contributed by atoms with E-state index in [1.165, 1.54) is 7.11 Å². The van der Waals surface area contributed by atoms with Gasteiger partial charge in [0.15, 0.2) is 0 Å². The lowest BCUT2D eigenvalue weighted by Gasteiger charge is -2.20. The van der Waals surface area contributed by atoms with Gasteiger partial charge in [0.05, 0.1) is 25.5 Å². The van der Waals surface area contributed by atoms with Crippen molar-refractivity contribution in [1.29, 1.82) is 0 Å². The molecule has 0 bridgehead atoms. The number of methoxy groups -OCH3 is 2. The summed E-state index contributed by atoms with van der Waals surface area (Å²) in [6.07, 6.45) is 1.91. The summed E-state index contributed by atoms with van der Waals surface area (Å²) in [7, 11) is 3.06.